The van der Waals surface area contributed by atoms with Crippen molar-refractivity contribution in [1.29, 1.82) is 0 Å². The molecule has 0 unspecified atom stereocenters. The van der Waals surface area contributed by atoms with E-state index in [4.69, 9.17) is 5.73 Å². The maximum atomic E-state index is 12.5. The number of benzene rings is 1. The van der Waals surface area contributed by atoms with Crippen LogP contribution in [0.25, 0.3) is 0 Å². The first-order valence-corrected chi connectivity index (χ1v) is 6.30. The number of aromatic nitrogens is 1. The number of hydrogen-bond acceptors (Lipinski definition) is 4. The summed E-state index contributed by atoms with van der Waals surface area (Å²) in [5.41, 5.74) is 6.98. The molecule has 0 aliphatic rings. The number of carbonyl (C=O) groups excluding carboxylic acids is 3. The number of aromatic amines is 1. The second-order valence-electron chi connectivity index (χ2n) is 4.60. The van der Waals surface area contributed by atoms with E-state index in [1.165, 1.54) is 32.0 Å². The second-order valence-corrected chi connectivity index (χ2v) is 4.60. The zero-order valence-electron chi connectivity index (χ0n) is 11.7. The molecule has 108 valence electrons. The number of nitrogen functional groups attached to an aromatic ring is 1. The summed E-state index contributed by atoms with van der Waals surface area (Å²) in [6, 6.07) is 9.45. The molecule has 1 aromatic carbocycles. The summed E-state index contributed by atoms with van der Waals surface area (Å²) in [7, 11) is 0. The average Bonchev–Trinajstić information content (AvgIpc) is 2.88. The Balaban J connectivity index is 2.40. The molecule has 0 bridgehead atoms. The van der Waals surface area contributed by atoms with Crippen LogP contribution in [0.5, 0.6) is 0 Å². The van der Waals surface area contributed by atoms with Crippen LogP contribution in [-0.4, -0.2) is 22.6 Å². The summed E-state index contributed by atoms with van der Waals surface area (Å²) in [5, 5.41) is 0. The van der Waals surface area contributed by atoms with Crippen LogP contribution in [-0.2, 0) is 4.79 Å². The van der Waals surface area contributed by atoms with Crippen molar-refractivity contribution in [2.45, 2.75) is 13.8 Å². The van der Waals surface area contributed by atoms with Gasteiger partial charge in [0.15, 0.2) is 5.78 Å². The average molecular weight is 285 g/mol. The van der Waals surface area contributed by atoms with Gasteiger partial charge in [-0.25, -0.2) is 4.90 Å². The summed E-state index contributed by atoms with van der Waals surface area (Å²) in [5.74, 6) is -1.17. The standard InChI is InChI=1S/C15H15N3O3/c1-9(19)13-6-7-14(17-13)15(21)18(10(2)20)12-5-3-4-11(16)8-12/h3-8,17H,16H2,1-2H3. The number of nitrogens with two attached hydrogens (primary N) is 1. The molecule has 0 fully saturated rings. The SMILES string of the molecule is CC(=O)c1ccc(C(=O)N(C(C)=O)c2cccc(N)c2)[nH]1. The van der Waals surface area contributed by atoms with Crippen LogP contribution in [0.15, 0.2) is 36.4 Å². The number of Topliss-reactive ketones (excluding diaryl/α,β-unsaturated/α-hetero) is 1. The van der Waals surface area contributed by atoms with Gasteiger partial charge in [0, 0.05) is 19.5 Å². The summed E-state index contributed by atoms with van der Waals surface area (Å²) in [4.78, 5) is 39.2. The number of anilines is 2. The van der Waals surface area contributed by atoms with Gasteiger partial charge in [0.05, 0.1) is 11.4 Å². The Kier molecular flexibility index (Phi) is 3.89. The van der Waals surface area contributed by atoms with Crippen LogP contribution < -0.4 is 10.6 Å². The van der Waals surface area contributed by atoms with Crippen molar-refractivity contribution in [1.82, 2.24) is 4.98 Å². The van der Waals surface area contributed by atoms with Crippen LogP contribution >= 0.6 is 0 Å². The number of carbonyl (C=O) groups is 3. The second kappa shape index (κ2) is 5.62. The molecule has 0 aliphatic heterocycles. The number of nitrogens with zero attached hydrogens (tertiary/aromatic N) is 1. The van der Waals surface area contributed by atoms with Gasteiger partial charge in [-0.2, -0.15) is 0 Å². The molecule has 6 nitrogen and oxygen atoms in total. The lowest BCUT2D eigenvalue weighted by Gasteiger charge is -2.18. The van der Waals surface area contributed by atoms with Crippen molar-refractivity contribution in [3.63, 3.8) is 0 Å². The fraction of sp³-hybridized carbons (Fsp3) is 0.133. The molecule has 21 heavy (non-hydrogen) atoms. The monoisotopic (exact) mass is 285 g/mol. The van der Waals surface area contributed by atoms with E-state index in [0.717, 1.165) is 4.90 Å². The van der Waals surface area contributed by atoms with Gasteiger partial charge in [0.2, 0.25) is 5.91 Å². The van der Waals surface area contributed by atoms with Crippen LogP contribution in [0, 0.1) is 0 Å². The van der Waals surface area contributed by atoms with E-state index in [1.54, 1.807) is 18.2 Å². The molecule has 1 aromatic heterocycles. The summed E-state index contributed by atoms with van der Waals surface area (Å²) >= 11 is 0. The van der Waals surface area contributed by atoms with Gasteiger partial charge < -0.3 is 10.7 Å². The highest BCUT2D eigenvalue weighted by molar-refractivity contribution is 6.20. The van der Waals surface area contributed by atoms with Crippen molar-refractivity contribution in [2.24, 2.45) is 0 Å². The first kappa shape index (κ1) is 14.5. The van der Waals surface area contributed by atoms with E-state index in [-0.39, 0.29) is 11.5 Å². The Labute approximate surface area is 121 Å². The van der Waals surface area contributed by atoms with Gasteiger partial charge in [-0.3, -0.25) is 14.4 Å². The van der Waals surface area contributed by atoms with E-state index >= 15 is 0 Å². The highest BCUT2D eigenvalue weighted by Gasteiger charge is 2.23. The molecule has 0 atom stereocenters. The molecule has 0 spiro atoms. The molecule has 2 rings (SSSR count). The Morgan fingerprint density at radius 3 is 2.24 bits per heavy atom. The minimum absolute atomic E-state index is 0.165. The first-order chi connectivity index (χ1) is 9.90. The number of ketones is 1. The highest BCUT2D eigenvalue weighted by atomic mass is 16.2. The number of hydrogen-bond donors (Lipinski definition) is 2. The Bertz CT molecular complexity index is 718. The van der Waals surface area contributed by atoms with Gasteiger partial charge in [-0.05, 0) is 30.3 Å². The van der Waals surface area contributed by atoms with Crippen LogP contribution in [0.1, 0.15) is 34.8 Å². The summed E-state index contributed by atoms with van der Waals surface area (Å²) < 4.78 is 0. The van der Waals surface area contributed by atoms with Crippen LogP contribution in [0.4, 0.5) is 11.4 Å². The van der Waals surface area contributed by atoms with E-state index in [2.05, 4.69) is 4.98 Å². The van der Waals surface area contributed by atoms with Gasteiger partial charge in [0.25, 0.3) is 5.91 Å². The molecular weight excluding hydrogens is 270 g/mol. The fourth-order valence-electron chi connectivity index (χ4n) is 1.95. The van der Waals surface area contributed by atoms with Gasteiger partial charge >= 0.3 is 0 Å². The maximum Gasteiger partial charge on any atom is 0.281 e. The topological polar surface area (TPSA) is 96.3 Å². The minimum Gasteiger partial charge on any atom is -0.399 e. The maximum absolute atomic E-state index is 12.5. The first-order valence-electron chi connectivity index (χ1n) is 6.30. The number of imide groups is 1. The van der Waals surface area contributed by atoms with Crippen molar-refractivity contribution in [2.75, 3.05) is 10.6 Å². The predicted molar refractivity (Wildman–Crippen MR) is 79.1 cm³/mol. The number of H-pyrrole nitrogens is 1. The third-order valence-electron chi connectivity index (χ3n) is 2.94. The van der Waals surface area contributed by atoms with E-state index < -0.39 is 11.8 Å². The number of rotatable bonds is 3. The lowest BCUT2D eigenvalue weighted by molar-refractivity contribution is -0.115. The molecule has 2 aromatic rings. The minimum atomic E-state index is -0.541. The van der Waals surface area contributed by atoms with Gasteiger partial charge in [0.1, 0.15) is 5.69 Å². The number of nitrogens with one attached hydrogen (secondary N) is 1. The Morgan fingerprint density at radius 1 is 1.05 bits per heavy atom. The smallest absolute Gasteiger partial charge is 0.281 e. The molecule has 3 N–H and O–H groups in total. The molecule has 0 saturated heterocycles. The van der Waals surface area contributed by atoms with Crippen molar-refractivity contribution in [3.05, 3.63) is 47.8 Å². The lowest BCUT2D eigenvalue weighted by Crippen LogP contribution is -2.35. The molecule has 2 amide bonds. The van der Waals surface area contributed by atoms with Crippen molar-refractivity contribution < 1.29 is 14.4 Å². The predicted octanol–water partition coefficient (Wildman–Crippen LogP) is 1.99. The van der Waals surface area contributed by atoms with Crippen molar-refractivity contribution >= 4 is 29.0 Å². The zero-order valence-corrected chi connectivity index (χ0v) is 11.7. The zero-order chi connectivity index (χ0) is 15.6. The summed E-state index contributed by atoms with van der Waals surface area (Å²) in [6.45, 7) is 2.68. The van der Waals surface area contributed by atoms with Crippen LogP contribution in [0.2, 0.25) is 0 Å². The van der Waals surface area contributed by atoms with Gasteiger partial charge in [-0.15, -0.1) is 0 Å². The molecule has 0 radical (unpaired) electrons. The largest absolute Gasteiger partial charge is 0.399 e. The van der Waals surface area contributed by atoms with Crippen LogP contribution in [0.3, 0.4) is 0 Å². The third-order valence-corrected chi connectivity index (χ3v) is 2.94. The molecule has 1 heterocycles. The van der Waals surface area contributed by atoms with E-state index in [0.29, 0.717) is 17.1 Å². The Morgan fingerprint density at radius 2 is 1.71 bits per heavy atom. The number of amides is 2. The molecule has 6 heteroatoms. The molecule has 0 saturated carbocycles. The molecular formula is C15H15N3O3. The normalized spacial score (nSPS) is 10.2. The quantitative estimate of drug-likeness (QED) is 0.665. The fourth-order valence-corrected chi connectivity index (χ4v) is 1.95. The molecule has 0 aliphatic carbocycles. The summed E-state index contributed by atoms with van der Waals surface area (Å²) in [6.07, 6.45) is 0. The van der Waals surface area contributed by atoms with Crippen molar-refractivity contribution in [3.8, 4) is 0 Å². The highest BCUT2D eigenvalue weighted by Crippen LogP contribution is 2.20. The third kappa shape index (κ3) is 3.00. The van der Waals surface area contributed by atoms with E-state index in [9.17, 15) is 14.4 Å². The lowest BCUT2D eigenvalue weighted by atomic mass is 10.2. The van der Waals surface area contributed by atoms with Gasteiger partial charge in [-0.1, -0.05) is 6.07 Å². The van der Waals surface area contributed by atoms with E-state index in [1.807, 2.05) is 0 Å². The Hall–Kier alpha value is -2.89.